The zero-order chi connectivity index (χ0) is 14.8. The third-order valence-corrected chi connectivity index (χ3v) is 5.93. The lowest BCUT2D eigenvalue weighted by atomic mass is 10.1. The van der Waals surface area contributed by atoms with Crippen molar-refractivity contribution in [1.29, 1.82) is 0 Å². The van der Waals surface area contributed by atoms with Gasteiger partial charge in [0.15, 0.2) is 0 Å². The van der Waals surface area contributed by atoms with Gasteiger partial charge in [-0.1, -0.05) is 19.1 Å². The molecule has 20 heavy (non-hydrogen) atoms. The van der Waals surface area contributed by atoms with E-state index < -0.39 is 10.0 Å². The van der Waals surface area contributed by atoms with Gasteiger partial charge in [0.1, 0.15) is 0 Å². The normalized spacial score (nSPS) is 18.4. The van der Waals surface area contributed by atoms with Crippen molar-refractivity contribution in [2.75, 3.05) is 32.7 Å². The Morgan fingerprint density at radius 2 is 1.85 bits per heavy atom. The van der Waals surface area contributed by atoms with Gasteiger partial charge in [-0.2, -0.15) is 4.31 Å². The highest BCUT2D eigenvalue weighted by atomic mass is 32.2. The predicted octanol–water partition coefficient (Wildman–Crippen LogP) is 0.780. The quantitative estimate of drug-likeness (QED) is 0.892. The number of hydrogen-bond donors (Lipinski definition) is 1. The monoisotopic (exact) mass is 297 g/mol. The van der Waals surface area contributed by atoms with Crippen molar-refractivity contribution >= 4 is 10.0 Å². The molecule has 0 bridgehead atoms. The minimum absolute atomic E-state index is 0.402. The second kappa shape index (κ2) is 6.22. The van der Waals surface area contributed by atoms with E-state index in [-0.39, 0.29) is 0 Å². The number of sulfonamides is 1. The molecule has 0 atom stereocenters. The first-order valence-electron chi connectivity index (χ1n) is 7.01. The molecule has 2 rings (SSSR count). The van der Waals surface area contributed by atoms with Crippen LogP contribution in [0.1, 0.15) is 18.1 Å². The van der Waals surface area contributed by atoms with Crippen molar-refractivity contribution in [3.63, 3.8) is 0 Å². The van der Waals surface area contributed by atoms with Gasteiger partial charge in [-0.25, -0.2) is 8.42 Å². The van der Waals surface area contributed by atoms with E-state index in [1.165, 1.54) is 0 Å². The van der Waals surface area contributed by atoms with Crippen LogP contribution < -0.4 is 5.73 Å². The summed E-state index contributed by atoms with van der Waals surface area (Å²) >= 11 is 0. The molecule has 1 heterocycles. The van der Waals surface area contributed by atoms with Crippen LogP contribution in [-0.4, -0.2) is 50.3 Å². The SMILES string of the molecule is CCN1CCN(S(=O)(=O)c2ccc(CN)cc2C)CC1. The van der Waals surface area contributed by atoms with Gasteiger partial charge in [-0.3, -0.25) is 0 Å². The average molecular weight is 297 g/mol. The van der Waals surface area contributed by atoms with Gasteiger partial charge in [0, 0.05) is 32.7 Å². The Morgan fingerprint density at radius 3 is 2.35 bits per heavy atom. The fourth-order valence-corrected chi connectivity index (χ4v) is 4.18. The summed E-state index contributed by atoms with van der Waals surface area (Å²) in [6.07, 6.45) is 0. The van der Waals surface area contributed by atoms with Gasteiger partial charge >= 0.3 is 0 Å². The number of nitrogens with two attached hydrogens (primary N) is 1. The van der Waals surface area contributed by atoms with Crippen molar-refractivity contribution in [3.05, 3.63) is 29.3 Å². The summed E-state index contributed by atoms with van der Waals surface area (Å²) in [5.74, 6) is 0. The minimum Gasteiger partial charge on any atom is -0.326 e. The van der Waals surface area contributed by atoms with Gasteiger partial charge in [0.25, 0.3) is 0 Å². The number of hydrogen-bond acceptors (Lipinski definition) is 4. The van der Waals surface area contributed by atoms with E-state index in [1.54, 1.807) is 16.4 Å². The van der Waals surface area contributed by atoms with E-state index in [2.05, 4.69) is 11.8 Å². The fraction of sp³-hybridized carbons (Fsp3) is 0.571. The largest absolute Gasteiger partial charge is 0.326 e. The summed E-state index contributed by atoms with van der Waals surface area (Å²) in [7, 11) is -3.38. The highest BCUT2D eigenvalue weighted by molar-refractivity contribution is 7.89. The smallest absolute Gasteiger partial charge is 0.243 e. The molecule has 0 aliphatic carbocycles. The van der Waals surface area contributed by atoms with E-state index in [1.807, 2.05) is 13.0 Å². The summed E-state index contributed by atoms with van der Waals surface area (Å²) in [4.78, 5) is 2.66. The Labute approximate surface area is 121 Å². The summed E-state index contributed by atoms with van der Waals surface area (Å²) in [5, 5.41) is 0. The molecule has 1 aliphatic heterocycles. The predicted molar refractivity (Wildman–Crippen MR) is 79.9 cm³/mol. The maximum atomic E-state index is 12.7. The zero-order valence-corrected chi connectivity index (χ0v) is 13.0. The fourth-order valence-electron chi connectivity index (χ4n) is 2.55. The van der Waals surface area contributed by atoms with Crippen LogP contribution in [0.5, 0.6) is 0 Å². The lowest BCUT2D eigenvalue weighted by Gasteiger charge is -2.33. The summed E-state index contributed by atoms with van der Waals surface area (Å²) in [6.45, 7) is 8.05. The lowest BCUT2D eigenvalue weighted by Crippen LogP contribution is -2.48. The second-order valence-electron chi connectivity index (χ2n) is 5.14. The Morgan fingerprint density at radius 1 is 1.20 bits per heavy atom. The molecule has 1 aromatic carbocycles. The lowest BCUT2D eigenvalue weighted by molar-refractivity contribution is 0.196. The van der Waals surface area contributed by atoms with Crippen molar-refractivity contribution in [1.82, 2.24) is 9.21 Å². The summed E-state index contributed by atoms with van der Waals surface area (Å²) in [6, 6.07) is 5.33. The minimum atomic E-state index is -3.38. The van der Waals surface area contributed by atoms with Crippen LogP contribution in [0, 0.1) is 6.92 Å². The van der Waals surface area contributed by atoms with E-state index in [4.69, 9.17) is 5.73 Å². The van der Waals surface area contributed by atoms with Crippen LogP contribution in [0.4, 0.5) is 0 Å². The van der Waals surface area contributed by atoms with Crippen LogP contribution in [0.2, 0.25) is 0 Å². The summed E-state index contributed by atoms with van der Waals surface area (Å²) in [5.41, 5.74) is 7.31. The molecule has 0 saturated carbocycles. The number of nitrogens with zero attached hydrogens (tertiary/aromatic N) is 2. The van der Waals surface area contributed by atoms with Crippen LogP contribution >= 0.6 is 0 Å². The van der Waals surface area contributed by atoms with Gasteiger partial charge in [-0.15, -0.1) is 0 Å². The van der Waals surface area contributed by atoms with Gasteiger partial charge in [0.05, 0.1) is 4.90 Å². The molecule has 6 heteroatoms. The second-order valence-corrected chi connectivity index (χ2v) is 7.05. The zero-order valence-electron chi connectivity index (χ0n) is 12.2. The van der Waals surface area contributed by atoms with Crippen LogP contribution in [0.25, 0.3) is 0 Å². The standard InChI is InChI=1S/C14H23N3O2S/c1-3-16-6-8-17(9-7-16)20(18,19)14-5-4-13(11-15)10-12(14)2/h4-5,10H,3,6-9,11,15H2,1-2H3. The molecule has 1 saturated heterocycles. The molecule has 1 aromatic rings. The van der Waals surface area contributed by atoms with E-state index in [0.717, 1.165) is 30.8 Å². The van der Waals surface area contributed by atoms with E-state index >= 15 is 0 Å². The van der Waals surface area contributed by atoms with Crippen LogP contribution in [0.3, 0.4) is 0 Å². The third-order valence-electron chi connectivity index (χ3n) is 3.87. The molecule has 1 fully saturated rings. The molecule has 0 amide bonds. The van der Waals surface area contributed by atoms with E-state index in [0.29, 0.717) is 24.5 Å². The van der Waals surface area contributed by atoms with Gasteiger partial charge in [0.2, 0.25) is 10.0 Å². The topological polar surface area (TPSA) is 66.6 Å². The number of likely N-dealkylation sites (N-methyl/N-ethyl adjacent to an activating group) is 1. The first-order chi connectivity index (χ1) is 9.48. The molecular formula is C14H23N3O2S. The van der Waals surface area contributed by atoms with Crippen molar-refractivity contribution in [3.8, 4) is 0 Å². The Kier molecular flexibility index (Phi) is 4.80. The average Bonchev–Trinajstić information content (AvgIpc) is 2.46. The van der Waals surface area contributed by atoms with Crippen molar-refractivity contribution in [2.45, 2.75) is 25.3 Å². The highest BCUT2D eigenvalue weighted by Crippen LogP contribution is 2.22. The number of benzene rings is 1. The highest BCUT2D eigenvalue weighted by Gasteiger charge is 2.29. The Bertz CT molecular complexity index is 564. The molecule has 0 radical (unpaired) electrons. The molecule has 0 unspecified atom stereocenters. The molecule has 0 aromatic heterocycles. The van der Waals surface area contributed by atoms with Crippen molar-refractivity contribution < 1.29 is 8.42 Å². The molecule has 5 nitrogen and oxygen atoms in total. The maximum absolute atomic E-state index is 12.7. The maximum Gasteiger partial charge on any atom is 0.243 e. The number of piperazine rings is 1. The van der Waals surface area contributed by atoms with E-state index in [9.17, 15) is 8.42 Å². The molecule has 2 N–H and O–H groups in total. The molecule has 0 spiro atoms. The Hall–Kier alpha value is -0.950. The number of aryl methyl sites for hydroxylation is 1. The van der Waals surface area contributed by atoms with Gasteiger partial charge < -0.3 is 10.6 Å². The first-order valence-corrected chi connectivity index (χ1v) is 8.45. The Balaban J connectivity index is 2.23. The van der Waals surface area contributed by atoms with Crippen LogP contribution in [0.15, 0.2) is 23.1 Å². The summed E-state index contributed by atoms with van der Waals surface area (Å²) < 4.78 is 26.9. The number of rotatable bonds is 4. The van der Waals surface area contributed by atoms with Gasteiger partial charge in [-0.05, 0) is 30.7 Å². The van der Waals surface area contributed by atoms with Crippen molar-refractivity contribution in [2.24, 2.45) is 5.73 Å². The molecule has 112 valence electrons. The third kappa shape index (κ3) is 3.03. The first kappa shape index (κ1) is 15.4. The van der Waals surface area contributed by atoms with Crippen LogP contribution in [-0.2, 0) is 16.6 Å². The molecule has 1 aliphatic rings. The molecular weight excluding hydrogens is 274 g/mol.